The van der Waals surface area contributed by atoms with Crippen molar-refractivity contribution in [1.29, 1.82) is 0 Å². The molecule has 22 heavy (non-hydrogen) atoms. The summed E-state index contributed by atoms with van der Waals surface area (Å²) in [5.41, 5.74) is 0.773. The van der Waals surface area contributed by atoms with E-state index in [1.165, 1.54) is 0 Å². The number of hydrogen-bond donors (Lipinski definition) is 1. The summed E-state index contributed by atoms with van der Waals surface area (Å²) in [6.45, 7) is 0.810. The molecular weight excluding hydrogens is 306 g/mol. The Balaban J connectivity index is 1.94. The number of rotatable bonds is 4. The van der Waals surface area contributed by atoms with E-state index in [-0.39, 0.29) is 11.5 Å². The molecule has 3 rings (SSSR count). The van der Waals surface area contributed by atoms with Gasteiger partial charge >= 0.3 is 5.97 Å². The molecule has 0 bridgehead atoms. The lowest BCUT2D eigenvalue weighted by molar-refractivity contribution is -0.140. The highest BCUT2D eigenvalue weighted by molar-refractivity contribution is 7.91. The van der Waals surface area contributed by atoms with Crippen LogP contribution in [0.5, 0.6) is 5.75 Å². The summed E-state index contributed by atoms with van der Waals surface area (Å²) in [7, 11) is -1.40. The van der Waals surface area contributed by atoms with Crippen LogP contribution in [0.4, 0.5) is 5.69 Å². The number of carboxylic acid groups (broad SMARTS) is 1. The van der Waals surface area contributed by atoms with Gasteiger partial charge in [0.2, 0.25) is 0 Å². The van der Waals surface area contributed by atoms with Crippen molar-refractivity contribution in [3.05, 3.63) is 23.8 Å². The van der Waals surface area contributed by atoms with E-state index in [2.05, 4.69) is 0 Å². The van der Waals surface area contributed by atoms with Gasteiger partial charge in [0.05, 0.1) is 29.7 Å². The molecule has 0 unspecified atom stereocenters. The van der Waals surface area contributed by atoms with Crippen LogP contribution in [0, 0.1) is 0 Å². The minimum absolute atomic E-state index is 0.116. The highest BCUT2D eigenvalue weighted by Crippen LogP contribution is 2.50. The lowest BCUT2D eigenvalue weighted by atomic mass is 9.95. The number of sulfone groups is 1. The average molecular weight is 325 g/mol. The average Bonchev–Trinajstić information content (AvgIpc) is 3.28. The van der Waals surface area contributed by atoms with Crippen molar-refractivity contribution >= 4 is 21.5 Å². The Morgan fingerprint density at radius 3 is 2.41 bits per heavy atom. The van der Waals surface area contributed by atoms with Crippen molar-refractivity contribution < 1.29 is 23.1 Å². The molecule has 1 saturated heterocycles. The maximum Gasteiger partial charge on any atom is 0.314 e. The fourth-order valence-corrected chi connectivity index (χ4v) is 4.14. The van der Waals surface area contributed by atoms with Crippen molar-refractivity contribution in [3.63, 3.8) is 0 Å². The minimum Gasteiger partial charge on any atom is -0.495 e. The van der Waals surface area contributed by atoms with Gasteiger partial charge in [0.25, 0.3) is 0 Å². The smallest absolute Gasteiger partial charge is 0.314 e. The second-order valence-electron chi connectivity index (χ2n) is 5.91. The first kappa shape index (κ1) is 15.1. The fourth-order valence-electron chi connectivity index (χ4n) is 2.94. The Morgan fingerprint density at radius 2 is 1.91 bits per heavy atom. The SMILES string of the molecule is COc1ccc(C2(C(=O)O)CC2)cc1N1CCS(=O)(=O)CC1. The molecule has 1 aliphatic heterocycles. The van der Waals surface area contributed by atoms with Gasteiger partial charge in [0.15, 0.2) is 9.84 Å². The number of carboxylic acids is 1. The third-order valence-electron chi connectivity index (χ3n) is 4.58. The number of ether oxygens (including phenoxy) is 1. The first-order chi connectivity index (χ1) is 10.4. The highest BCUT2D eigenvalue weighted by Gasteiger charge is 2.52. The van der Waals surface area contributed by atoms with E-state index in [1.54, 1.807) is 19.2 Å². The maximum atomic E-state index is 11.6. The number of anilines is 1. The predicted octanol–water partition coefficient (Wildman–Crippen LogP) is 1.05. The van der Waals surface area contributed by atoms with Gasteiger partial charge < -0.3 is 14.7 Å². The Hall–Kier alpha value is -1.76. The summed E-state index contributed by atoms with van der Waals surface area (Å²) in [5.74, 6) is 0.0728. The molecule has 1 heterocycles. The number of methoxy groups -OCH3 is 1. The molecule has 120 valence electrons. The van der Waals surface area contributed by atoms with Crippen LogP contribution < -0.4 is 9.64 Å². The van der Waals surface area contributed by atoms with E-state index in [4.69, 9.17) is 4.74 Å². The molecule has 0 amide bonds. The molecule has 1 aromatic carbocycles. The molecule has 1 aromatic rings. The van der Waals surface area contributed by atoms with Crippen LogP contribution >= 0.6 is 0 Å². The standard InChI is InChI=1S/C15H19NO5S/c1-21-13-3-2-11(15(4-5-15)14(17)18)10-12(13)16-6-8-22(19,20)9-7-16/h2-3,10H,4-9H2,1H3,(H,17,18). The Morgan fingerprint density at radius 1 is 1.27 bits per heavy atom. The molecule has 6 nitrogen and oxygen atoms in total. The van der Waals surface area contributed by atoms with Gasteiger partial charge in [-0.1, -0.05) is 6.07 Å². The topological polar surface area (TPSA) is 83.9 Å². The molecule has 1 saturated carbocycles. The molecule has 0 aromatic heterocycles. The molecular formula is C15H19NO5S. The molecule has 2 fully saturated rings. The Bertz CT molecular complexity index is 695. The summed E-state index contributed by atoms with van der Waals surface area (Å²) >= 11 is 0. The zero-order valence-electron chi connectivity index (χ0n) is 12.4. The predicted molar refractivity (Wildman–Crippen MR) is 82.4 cm³/mol. The summed E-state index contributed by atoms with van der Waals surface area (Å²) in [4.78, 5) is 13.4. The van der Waals surface area contributed by atoms with E-state index in [0.717, 1.165) is 11.3 Å². The van der Waals surface area contributed by atoms with Gasteiger partial charge in [0.1, 0.15) is 5.75 Å². The van der Waals surface area contributed by atoms with Crippen LogP contribution in [-0.2, 0) is 20.0 Å². The molecule has 2 aliphatic rings. The lowest BCUT2D eigenvalue weighted by Crippen LogP contribution is -2.40. The van der Waals surface area contributed by atoms with E-state index < -0.39 is 21.2 Å². The van der Waals surface area contributed by atoms with Gasteiger partial charge in [-0.05, 0) is 30.5 Å². The zero-order chi connectivity index (χ0) is 16.0. The van der Waals surface area contributed by atoms with Crippen LogP contribution in [0.2, 0.25) is 0 Å². The quantitative estimate of drug-likeness (QED) is 0.891. The normalized spacial score (nSPS) is 22.1. The monoisotopic (exact) mass is 325 g/mol. The summed E-state index contributed by atoms with van der Waals surface area (Å²) in [6, 6.07) is 5.42. The largest absolute Gasteiger partial charge is 0.495 e. The van der Waals surface area contributed by atoms with E-state index in [1.807, 2.05) is 11.0 Å². The number of aliphatic carboxylic acids is 1. The summed E-state index contributed by atoms with van der Waals surface area (Å²) < 4.78 is 28.5. The lowest BCUT2D eigenvalue weighted by Gasteiger charge is -2.30. The van der Waals surface area contributed by atoms with Gasteiger partial charge in [-0.15, -0.1) is 0 Å². The number of nitrogens with zero attached hydrogens (tertiary/aromatic N) is 1. The number of carbonyl (C=O) groups is 1. The van der Waals surface area contributed by atoms with Crippen molar-refractivity contribution in [2.45, 2.75) is 18.3 Å². The molecule has 1 aliphatic carbocycles. The number of benzene rings is 1. The molecule has 0 radical (unpaired) electrons. The van der Waals surface area contributed by atoms with Gasteiger partial charge in [-0.2, -0.15) is 0 Å². The van der Waals surface area contributed by atoms with Crippen molar-refractivity contribution in [3.8, 4) is 5.75 Å². The van der Waals surface area contributed by atoms with Crippen LogP contribution in [0.15, 0.2) is 18.2 Å². The van der Waals surface area contributed by atoms with Gasteiger partial charge in [-0.25, -0.2) is 8.42 Å². The Labute approximate surface area is 129 Å². The number of hydrogen-bond acceptors (Lipinski definition) is 5. The molecule has 1 N–H and O–H groups in total. The summed E-state index contributed by atoms with van der Waals surface area (Å²) in [5, 5.41) is 9.43. The molecule has 7 heteroatoms. The van der Waals surface area contributed by atoms with Gasteiger partial charge in [0, 0.05) is 13.1 Å². The highest BCUT2D eigenvalue weighted by atomic mass is 32.2. The second-order valence-corrected chi connectivity index (χ2v) is 8.22. The second kappa shape index (κ2) is 5.15. The fraction of sp³-hybridized carbons (Fsp3) is 0.533. The Kier molecular flexibility index (Phi) is 3.55. The molecule has 0 atom stereocenters. The van der Waals surface area contributed by atoms with Crippen molar-refractivity contribution in [2.24, 2.45) is 0 Å². The minimum atomic E-state index is -2.96. The van der Waals surface area contributed by atoms with Gasteiger partial charge in [-0.3, -0.25) is 4.79 Å². The van der Waals surface area contributed by atoms with Crippen LogP contribution in [0.3, 0.4) is 0 Å². The molecule has 0 spiro atoms. The zero-order valence-corrected chi connectivity index (χ0v) is 13.2. The van der Waals surface area contributed by atoms with Crippen LogP contribution in [0.25, 0.3) is 0 Å². The maximum absolute atomic E-state index is 11.6. The van der Waals surface area contributed by atoms with E-state index in [0.29, 0.717) is 31.7 Å². The summed E-state index contributed by atoms with van der Waals surface area (Å²) in [6.07, 6.45) is 1.28. The van der Waals surface area contributed by atoms with Crippen LogP contribution in [0.1, 0.15) is 18.4 Å². The van der Waals surface area contributed by atoms with Crippen LogP contribution in [-0.4, -0.2) is 51.2 Å². The van der Waals surface area contributed by atoms with E-state index in [9.17, 15) is 18.3 Å². The first-order valence-electron chi connectivity index (χ1n) is 7.25. The van der Waals surface area contributed by atoms with Crippen molar-refractivity contribution in [1.82, 2.24) is 0 Å². The third-order valence-corrected chi connectivity index (χ3v) is 6.19. The van der Waals surface area contributed by atoms with E-state index >= 15 is 0 Å². The first-order valence-corrected chi connectivity index (χ1v) is 9.07. The van der Waals surface area contributed by atoms with Crippen molar-refractivity contribution in [2.75, 3.05) is 36.6 Å². The third kappa shape index (κ3) is 2.54.